The van der Waals surface area contributed by atoms with Crippen molar-refractivity contribution in [2.45, 2.75) is 19.9 Å². The molecule has 5 heteroatoms. The van der Waals surface area contributed by atoms with Gasteiger partial charge >= 0.3 is 0 Å². The molecule has 0 aliphatic carbocycles. The minimum Gasteiger partial charge on any atom is -0.376 e. The van der Waals surface area contributed by atoms with Gasteiger partial charge in [-0.1, -0.05) is 0 Å². The third kappa shape index (κ3) is 4.55. The van der Waals surface area contributed by atoms with Crippen LogP contribution < -0.4 is 16.4 Å². The second-order valence-electron chi connectivity index (χ2n) is 2.12. The Morgan fingerprint density at radius 1 is 1.73 bits per heavy atom. The summed E-state index contributed by atoms with van der Waals surface area (Å²) in [5.41, 5.74) is 5.17. The van der Waals surface area contributed by atoms with Gasteiger partial charge in [0.15, 0.2) is 5.11 Å². The van der Waals surface area contributed by atoms with E-state index in [1.54, 1.807) is 6.92 Å². The Bertz CT molecular complexity index is 160. The summed E-state index contributed by atoms with van der Waals surface area (Å²) in [4.78, 5) is 11.0. The molecule has 1 atom stereocenters. The minimum atomic E-state index is -0.354. The van der Waals surface area contributed by atoms with Gasteiger partial charge in [0.2, 0.25) is 5.91 Å². The maximum absolute atomic E-state index is 11.0. The van der Waals surface area contributed by atoms with Crippen LogP contribution in [-0.4, -0.2) is 23.6 Å². The zero-order valence-electron chi connectivity index (χ0n) is 6.68. The fourth-order valence-corrected chi connectivity index (χ4v) is 0.783. The van der Waals surface area contributed by atoms with Gasteiger partial charge in [-0.25, -0.2) is 0 Å². The Kier molecular flexibility index (Phi) is 4.52. The second kappa shape index (κ2) is 4.90. The Morgan fingerprint density at radius 3 is 2.64 bits per heavy atom. The molecule has 11 heavy (non-hydrogen) atoms. The lowest BCUT2D eigenvalue weighted by molar-refractivity contribution is -0.122. The highest BCUT2D eigenvalue weighted by atomic mass is 32.1. The number of carbonyl (C=O) groups excluding carboxylic acids is 1. The van der Waals surface area contributed by atoms with E-state index in [1.165, 1.54) is 0 Å². The first-order valence-electron chi connectivity index (χ1n) is 3.41. The number of rotatable bonds is 3. The van der Waals surface area contributed by atoms with Crippen molar-refractivity contribution in [2.24, 2.45) is 5.73 Å². The lowest BCUT2D eigenvalue weighted by atomic mass is 10.3. The highest BCUT2D eigenvalue weighted by molar-refractivity contribution is 7.80. The van der Waals surface area contributed by atoms with Crippen LogP contribution in [-0.2, 0) is 4.79 Å². The Labute approximate surface area is 71.5 Å². The van der Waals surface area contributed by atoms with Gasteiger partial charge in [0.25, 0.3) is 0 Å². The molecule has 0 aromatic rings. The summed E-state index contributed by atoms with van der Waals surface area (Å²) in [5, 5.41) is 5.40. The molecule has 0 radical (unpaired) electrons. The van der Waals surface area contributed by atoms with E-state index in [0.29, 0.717) is 6.54 Å². The lowest BCUT2D eigenvalue weighted by Gasteiger charge is -2.12. The monoisotopic (exact) mass is 175 g/mol. The van der Waals surface area contributed by atoms with Crippen LogP contribution in [0.25, 0.3) is 0 Å². The van der Waals surface area contributed by atoms with Gasteiger partial charge < -0.3 is 16.4 Å². The molecular weight excluding hydrogens is 162 g/mol. The molecule has 0 heterocycles. The van der Waals surface area contributed by atoms with E-state index in [-0.39, 0.29) is 17.1 Å². The topological polar surface area (TPSA) is 67.2 Å². The first-order chi connectivity index (χ1) is 5.07. The molecular formula is C6H13N3OS. The SMILES string of the molecule is CCNC(=O)C(C)NC(N)=S. The molecule has 4 nitrogen and oxygen atoms in total. The van der Waals surface area contributed by atoms with Gasteiger partial charge in [-0.2, -0.15) is 0 Å². The van der Waals surface area contributed by atoms with Crippen LogP contribution in [0.15, 0.2) is 0 Å². The summed E-state index contributed by atoms with van der Waals surface area (Å²) < 4.78 is 0. The summed E-state index contributed by atoms with van der Waals surface area (Å²) in [6.07, 6.45) is 0. The number of amides is 1. The van der Waals surface area contributed by atoms with E-state index in [1.807, 2.05) is 6.92 Å². The zero-order chi connectivity index (χ0) is 8.85. The Balaban J connectivity index is 3.73. The fraction of sp³-hybridized carbons (Fsp3) is 0.667. The molecule has 0 aromatic heterocycles. The highest BCUT2D eigenvalue weighted by Crippen LogP contribution is 1.79. The molecule has 0 bridgehead atoms. The standard InChI is InChI=1S/C6H13N3OS/c1-3-8-5(10)4(2)9-6(7)11/h4H,3H2,1-2H3,(H,8,10)(H3,7,9,11). The number of hydrogen-bond acceptors (Lipinski definition) is 2. The van der Waals surface area contributed by atoms with Crippen molar-refractivity contribution in [3.05, 3.63) is 0 Å². The normalized spacial score (nSPS) is 11.8. The number of thiocarbonyl (C=S) groups is 1. The summed E-state index contributed by atoms with van der Waals surface area (Å²) >= 11 is 4.56. The third-order valence-electron chi connectivity index (χ3n) is 1.10. The van der Waals surface area contributed by atoms with Crippen LogP contribution >= 0.6 is 12.2 Å². The Morgan fingerprint density at radius 2 is 2.27 bits per heavy atom. The molecule has 0 aromatic carbocycles. The predicted molar refractivity (Wildman–Crippen MR) is 48.1 cm³/mol. The highest BCUT2D eigenvalue weighted by Gasteiger charge is 2.10. The Hall–Kier alpha value is -0.840. The zero-order valence-corrected chi connectivity index (χ0v) is 7.49. The maximum Gasteiger partial charge on any atom is 0.242 e. The number of likely N-dealkylation sites (N-methyl/N-ethyl adjacent to an activating group) is 1. The first kappa shape index (κ1) is 10.2. The molecule has 0 spiro atoms. The van der Waals surface area contributed by atoms with Crippen LogP contribution in [0.3, 0.4) is 0 Å². The van der Waals surface area contributed by atoms with Gasteiger partial charge in [0.1, 0.15) is 6.04 Å². The molecule has 0 saturated heterocycles. The molecule has 1 amide bonds. The molecule has 0 aliphatic heterocycles. The summed E-state index contributed by atoms with van der Waals surface area (Å²) in [6, 6.07) is -0.354. The molecule has 0 rings (SSSR count). The lowest BCUT2D eigenvalue weighted by Crippen LogP contribution is -2.46. The van der Waals surface area contributed by atoms with E-state index in [9.17, 15) is 4.79 Å². The van der Waals surface area contributed by atoms with Crippen LogP contribution in [0.4, 0.5) is 0 Å². The average Bonchev–Trinajstić information content (AvgIpc) is 1.86. The number of hydrogen-bond donors (Lipinski definition) is 3. The second-order valence-corrected chi connectivity index (χ2v) is 2.56. The van der Waals surface area contributed by atoms with E-state index in [2.05, 4.69) is 22.9 Å². The van der Waals surface area contributed by atoms with E-state index in [0.717, 1.165) is 0 Å². The number of carbonyl (C=O) groups is 1. The summed E-state index contributed by atoms with van der Waals surface area (Å²) in [6.45, 7) is 4.16. The van der Waals surface area contributed by atoms with E-state index < -0.39 is 0 Å². The van der Waals surface area contributed by atoms with Crippen LogP contribution in [0.5, 0.6) is 0 Å². The smallest absolute Gasteiger partial charge is 0.242 e. The van der Waals surface area contributed by atoms with Gasteiger partial charge in [0.05, 0.1) is 0 Å². The van der Waals surface area contributed by atoms with Crippen LogP contribution in [0.2, 0.25) is 0 Å². The van der Waals surface area contributed by atoms with Crippen molar-refractivity contribution in [3.8, 4) is 0 Å². The number of nitrogens with two attached hydrogens (primary N) is 1. The van der Waals surface area contributed by atoms with Crippen LogP contribution in [0.1, 0.15) is 13.8 Å². The van der Waals surface area contributed by atoms with Crippen molar-refractivity contribution >= 4 is 23.2 Å². The van der Waals surface area contributed by atoms with Gasteiger partial charge in [-0.05, 0) is 26.1 Å². The van der Waals surface area contributed by atoms with E-state index in [4.69, 9.17) is 5.73 Å². The van der Waals surface area contributed by atoms with E-state index >= 15 is 0 Å². The third-order valence-corrected chi connectivity index (χ3v) is 1.22. The molecule has 1 unspecified atom stereocenters. The van der Waals surface area contributed by atoms with Gasteiger partial charge in [-0.15, -0.1) is 0 Å². The van der Waals surface area contributed by atoms with Gasteiger partial charge in [-0.3, -0.25) is 4.79 Å². The quantitative estimate of drug-likeness (QED) is 0.498. The van der Waals surface area contributed by atoms with Crippen molar-refractivity contribution in [1.82, 2.24) is 10.6 Å². The predicted octanol–water partition coefficient (Wildman–Crippen LogP) is -0.656. The van der Waals surface area contributed by atoms with Crippen molar-refractivity contribution in [2.75, 3.05) is 6.54 Å². The molecule has 64 valence electrons. The number of nitrogens with one attached hydrogen (secondary N) is 2. The summed E-state index contributed by atoms with van der Waals surface area (Å²) in [5.74, 6) is -0.0969. The van der Waals surface area contributed by atoms with Crippen molar-refractivity contribution < 1.29 is 4.79 Å². The average molecular weight is 175 g/mol. The first-order valence-corrected chi connectivity index (χ1v) is 3.82. The molecule has 4 N–H and O–H groups in total. The molecule has 0 fully saturated rings. The van der Waals surface area contributed by atoms with Crippen molar-refractivity contribution in [3.63, 3.8) is 0 Å². The summed E-state index contributed by atoms with van der Waals surface area (Å²) in [7, 11) is 0. The molecule has 0 aliphatic rings. The fourth-order valence-electron chi connectivity index (χ4n) is 0.606. The minimum absolute atomic E-state index is 0.0969. The van der Waals surface area contributed by atoms with Gasteiger partial charge in [0, 0.05) is 6.54 Å². The van der Waals surface area contributed by atoms with Crippen LogP contribution in [0, 0.1) is 0 Å². The molecule has 0 saturated carbocycles. The van der Waals surface area contributed by atoms with Crippen molar-refractivity contribution in [1.29, 1.82) is 0 Å². The maximum atomic E-state index is 11.0. The largest absolute Gasteiger partial charge is 0.376 e.